The molecule has 3 N–H and O–H groups in total. The average Bonchev–Trinajstić information content (AvgIpc) is 2.75. The second kappa shape index (κ2) is 4.94. The van der Waals surface area contributed by atoms with Crippen molar-refractivity contribution in [3.63, 3.8) is 0 Å². The van der Waals surface area contributed by atoms with E-state index in [2.05, 4.69) is 55.9 Å². The van der Waals surface area contributed by atoms with Crippen LogP contribution in [0.3, 0.4) is 0 Å². The Balaban J connectivity index is 2.35. The molecular weight excluding hydrogens is 222 g/mol. The zero-order chi connectivity index (χ0) is 13.3. The first kappa shape index (κ1) is 12.8. The zero-order valence-electron chi connectivity index (χ0n) is 11.5. The van der Waals surface area contributed by atoms with E-state index in [1.165, 1.54) is 16.7 Å². The highest BCUT2D eigenvalue weighted by atomic mass is 15.0. The van der Waals surface area contributed by atoms with Crippen LogP contribution in [0.15, 0.2) is 24.4 Å². The lowest BCUT2D eigenvalue weighted by atomic mass is 10.0. The van der Waals surface area contributed by atoms with Gasteiger partial charge < -0.3 is 10.7 Å². The Bertz CT molecular complexity index is 520. The van der Waals surface area contributed by atoms with Crippen LogP contribution in [0.25, 0.3) is 11.3 Å². The van der Waals surface area contributed by atoms with Crippen LogP contribution >= 0.6 is 0 Å². The van der Waals surface area contributed by atoms with Crippen LogP contribution in [0.5, 0.6) is 0 Å². The number of H-pyrrole nitrogens is 1. The molecular formula is C15H21N3. The Morgan fingerprint density at radius 3 is 2.28 bits per heavy atom. The second-order valence-electron chi connectivity index (χ2n) is 5.33. The van der Waals surface area contributed by atoms with Crippen molar-refractivity contribution in [2.75, 3.05) is 0 Å². The van der Waals surface area contributed by atoms with E-state index < -0.39 is 0 Å². The highest BCUT2D eigenvalue weighted by Crippen LogP contribution is 2.23. The third kappa shape index (κ3) is 2.62. The maximum atomic E-state index is 6.10. The van der Waals surface area contributed by atoms with Crippen molar-refractivity contribution in [2.45, 2.75) is 33.7 Å². The molecule has 0 saturated carbocycles. The topological polar surface area (TPSA) is 54.7 Å². The first-order valence-electron chi connectivity index (χ1n) is 6.36. The van der Waals surface area contributed by atoms with Gasteiger partial charge in [-0.05, 0) is 31.9 Å². The summed E-state index contributed by atoms with van der Waals surface area (Å²) in [4.78, 5) is 7.72. The molecule has 18 heavy (non-hydrogen) atoms. The lowest BCUT2D eigenvalue weighted by molar-refractivity contribution is 0.494. The van der Waals surface area contributed by atoms with Crippen molar-refractivity contribution in [1.82, 2.24) is 9.97 Å². The van der Waals surface area contributed by atoms with Gasteiger partial charge >= 0.3 is 0 Å². The van der Waals surface area contributed by atoms with E-state index in [0.29, 0.717) is 5.92 Å². The van der Waals surface area contributed by atoms with Gasteiger partial charge in [-0.1, -0.05) is 31.0 Å². The molecule has 0 radical (unpaired) electrons. The van der Waals surface area contributed by atoms with Crippen LogP contribution in [0.4, 0.5) is 0 Å². The van der Waals surface area contributed by atoms with Crippen LogP contribution in [0.2, 0.25) is 0 Å². The van der Waals surface area contributed by atoms with Crippen LogP contribution in [0.1, 0.15) is 36.8 Å². The van der Waals surface area contributed by atoms with Gasteiger partial charge in [0.05, 0.1) is 17.9 Å². The molecule has 1 atom stereocenters. The molecule has 2 aromatic rings. The number of aromatic nitrogens is 2. The number of nitrogens with zero attached hydrogens (tertiary/aromatic N) is 1. The second-order valence-corrected chi connectivity index (χ2v) is 5.33. The summed E-state index contributed by atoms with van der Waals surface area (Å²) in [6.45, 7) is 8.41. The van der Waals surface area contributed by atoms with Gasteiger partial charge in [-0.25, -0.2) is 4.98 Å². The number of nitrogens with two attached hydrogens (primary N) is 1. The van der Waals surface area contributed by atoms with E-state index in [1.807, 2.05) is 6.20 Å². The summed E-state index contributed by atoms with van der Waals surface area (Å²) in [6, 6.07) is 6.45. The van der Waals surface area contributed by atoms with E-state index in [9.17, 15) is 0 Å². The Labute approximate surface area is 108 Å². The third-order valence-corrected chi connectivity index (χ3v) is 3.16. The molecule has 0 unspecified atom stereocenters. The van der Waals surface area contributed by atoms with Gasteiger partial charge in [0.15, 0.2) is 0 Å². The molecule has 2 rings (SSSR count). The van der Waals surface area contributed by atoms with Gasteiger partial charge in [0.25, 0.3) is 0 Å². The van der Waals surface area contributed by atoms with Crippen molar-refractivity contribution in [3.05, 3.63) is 41.3 Å². The van der Waals surface area contributed by atoms with E-state index in [-0.39, 0.29) is 6.04 Å². The number of hydrogen-bond donors (Lipinski definition) is 2. The SMILES string of the molecule is Cc1cc(C)cc(-c2cnc([C@@H](N)C(C)C)[nH]2)c1. The van der Waals surface area contributed by atoms with E-state index in [0.717, 1.165) is 11.5 Å². The number of nitrogens with one attached hydrogen (secondary N) is 1. The zero-order valence-corrected chi connectivity index (χ0v) is 11.5. The van der Waals surface area contributed by atoms with Crippen molar-refractivity contribution in [2.24, 2.45) is 11.7 Å². The minimum atomic E-state index is -0.0374. The molecule has 0 bridgehead atoms. The summed E-state index contributed by atoms with van der Waals surface area (Å²) in [5.74, 6) is 1.24. The Hall–Kier alpha value is -1.61. The molecule has 0 fully saturated rings. The molecule has 0 aliphatic rings. The number of benzene rings is 1. The van der Waals surface area contributed by atoms with Crippen LogP contribution in [0, 0.1) is 19.8 Å². The number of rotatable bonds is 3. The van der Waals surface area contributed by atoms with Crippen LogP contribution in [-0.2, 0) is 0 Å². The van der Waals surface area contributed by atoms with E-state index in [1.54, 1.807) is 0 Å². The molecule has 96 valence electrons. The molecule has 3 nitrogen and oxygen atoms in total. The Morgan fingerprint density at radius 1 is 1.11 bits per heavy atom. The fraction of sp³-hybridized carbons (Fsp3) is 0.400. The molecule has 0 aliphatic carbocycles. The molecule has 1 heterocycles. The monoisotopic (exact) mass is 243 g/mol. The predicted octanol–water partition coefficient (Wildman–Crippen LogP) is 3.35. The average molecular weight is 243 g/mol. The quantitative estimate of drug-likeness (QED) is 0.868. The molecule has 1 aromatic heterocycles. The number of aryl methyl sites for hydroxylation is 2. The van der Waals surface area contributed by atoms with Crippen molar-refractivity contribution >= 4 is 0 Å². The molecule has 0 amide bonds. The van der Waals surface area contributed by atoms with Gasteiger partial charge in [0, 0.05) is 5.56 Å². The predicted molar refractivity (Wildman–Crippen MR) is 75.3 cm³/mol. The smallest absolute Gasteiger partial charge is 0.123 e. The van der Waals surface area contributed by atoms with Crippen LogP contribution < -0.4 is 5.73 Å². The Morgan fingerprint density at radius 2 is 1.72 bits per heavy atom. The maximum absolute atomic E-state index is 6.10. The van der Waals surface area contributed by atoms with Gasteiger partial charge in [-0.3, -0.25) is 0 Å². The van der Waals surface area contributed by atoms with E-state index in [4.69, 9.17) is 5.73 Å². The van der Waals surface area contributed by atoms with Gasteiger partial charge in [-0.2, -0.15) is 0 Å². The van der Waals surface area contributed by atoms with Crippen molar-refractivity contribution in [1.29, 1.82) is 0 Å². The first-order chi connectivity index (χ1) is 8.47. The summed E-state index contributed by atoms with van der Waals surface area (Å²) >= 11 is 0. The molecule has 0 saturated heterocycles. The van der Waals surface area contributed by atoms with Gasteiger partial charge in [-0.15, -0.1) is 0 Å². The minimum absolute atomic E-state index is 0.0374. The minimum Gasteiger partial charge on any atom is -0.341 e. The standard InChI is InChI=1S/C15H21N3/c1-9(2)14(16)15-17-8-13(18-15)12-6-10(3)5-11(4)7-12/h5-9,14H,16H2,1-4H3,(H,17,18)/t14-/m0/s1. The van der Waals surface area contributed by atoms with Gasteiger partial charge in [0.1, 0.15) is 5.82 Å². The number of imidazole rings is 1. The summed E-state index contributed by atoms with van der Waals surface area (Å²) in [5.41, 5.74) is 10.8. The summed E-state index contributed by atoms with van der Waals surface area (Å²) in [5, 5.41) is 0. The lowest BCUT2D eigenvalue weighted by Gasteiger charge is -2.12. The highest BCUT2D eigenvalue weighted by molar-refractivity contribution is 5.60. The van der Waals surface area contributed by atoms with Gasteiger partial charge in [0.2, 0.25) is 0 Å². The van der Waals surface area contributed by atoms with Crippen molar-refractivity contribution < 1.29 is 0 Å². The third-order valence-electron chi connectivity index (χ3n) is 3.16. The van der Waals surface area contributed by atoms with Crippen LogP contribution in [-0.4, -0.2) is 9.97 Å². The normalized spacial score (nSPS) is 13.0. The fourth-order valence-corrected chi connectivity index (χ4v) is 2.10. The molecule has 1 aromatic carbocycles. The number of aromatic amines is 1. The fourth-order valence-electron chi connectivity index (χ4n) is 2.10. The maximum Gasteiger partial charge on any atom is 0.123 e. The first-order valence-corrected chi connectivity index (χ1v) is 6.36. The Kier molecular flexibility index (Phi) is 3.53. The number of hydrogen-bond acceptors (Lipinski definition) is 2. The van der Waals surface area contributed by atoms with Crippen molar-refractivity contribution in [3.8, 4) is 11.3 Å². The molecule has 3 heteroatoms. The summed E-state index contributed by atoms with van der Waals surface area (Å²) in [6.07, 6.45) is 1.87. The molecule has 0 aliphatic heterocycles. The largest absolute Gasteiger partial charge is 0.341 e. The van der Waals surface area contributed by atoms with E-state index >= 15 is 0 Å². The summed E-state index contributed by atoms with van der Waals surface area (Å²) in [7, 11) is 0. The lowest BCUT2D eigenvalue weighted by Crippen LogP contribution is -2.18. The molecule has 0 spiro atoms. The summed E-state index contributed by atoms with van der Waals surface area (Å²) < 4.78 is 0. The highest BCUT2D eigenvalue weighted by Gasteiger charge is 2.14.